The summed E-state index contributed by atoms with van der Waals surface area (Å²) < 4.78 is 34.6. The van der Waals surface area contributed by atoms with Crippen LogP contribution in [0.3, 0.4) is 0 Å². The van der Waals surface area contributed by atoms with Crippen molar-refractivity contribution in [2.24, 2.45) is 0 Å². The Balaban J connectivity index is 1.54. The van der Waals surface area contributed by atoms with E-state index in [2.05, 4.69) is 5.32 Å². The summed E-state index contributed by atoms with van der Waals surface area (Å²) in [4.78, 5) is 24.8. The summed E-state index contributed by atoms with van der Waals surface area (Å²) in [5.41, 5.74) is 0.423. The van der Waals surface area contributed by atoms with Crippen LogP contribution in [0.2, 0.25) is 0 Å². The highest BCUT2D eigenvalue weighted by Crippen LogP contribution is 2.20. The molecule has 0 aliphatic carbocycles. The van der Waals surface area contributed by atoms with Gasteiger partial charge in [0.25, 0.3) is 15.9 Å². The molecule has 11 nitrogen and oxygen atoms in total. The zero-order chi connectivity index (χ0) is 22.8. The van der Waals surface area contributed by atoms with Gasteiger partial charge in [-0.2, -0.15) is 17.0 Å². The Kier molecular flexibility index (Phi) is 7.27. The summed E-state index contributed by atoms with van der Waals surface area (Å²) in [6.45, 7) is 7.63. The molecule has 0 spiro atoms. The second-order valence-corrected chi connectivity index (χ2v) is 9.91. The molecule has 3 rings (SSSR count). The maximum Gasteiger partial charge on any atom is 0.282 e. The van der Waals surface area contributed by atoms with E-state index in [9.17, 15) is 23.3 Å². The molecule has 3 atom stereocenters. The van der Waals surface area contributed by atoms with Crippen LogP contribution < -0.4 is 5.32 Å². The first kappa shape index (κ1) is 23.5. The van der Waals surface area contributed by atoms with Crippen LogP contribution in [-0.4, -0.2) is 90.3 Å². The summed E-state index contributed by atoms with van der Waals surface area (Å²) in [6, 6.07) is 5.16. The number of amides is 1. The number of ether oxygens (including phenoxy) is 1. The van der Waals surface area contributed by atoms with Gasteiger partial charge in [0.1, 0.15) is 0 Å². The normalized spacial score (nSPS) is 25.1. The fourth-order valence-corrected chi connectivity index (χ4v) is 5.63. The van der Waals surface area contributed by atoms with Crippen molar-refractivity contribution in [3.05, 3.63) is 34.4 Å². The van der Waals surface area contributed by atoms with Gasteiger partial charge in [0.15, 0.2) is 0 Å². The number of hydrogen-bond acceptors (Lipinski definition) is 7. The van der Waals surface area contributed by atoms with Crippen molar-refractivity contribution in [2.75, 3.05) is 44.6 Å². The van der Waals surface area contributed by atoms with E-state index < -0.39 is 21.2 Å². The molecule has 1 amide bonds. The zero-order valence-electron chi connectivity index (χ0n) is 17.9. The standard InChI is InChI=1S/C19H29N5O6S/c1-14-12-23(13-15(2)30-14)31(28,29)22-10-8-21(9-11-22)16(3)19(25)20-17-4-6-18(7-5-17)24(26)27/h4-7,14-16H,8-13H2,1-3H3,(H,20,25). The zero-order valence-corrected chi connectivity index (χ0v) is 18.7. The second-order valence-electron chi connectivity index (χ2n) is 7.99. The lowest BCUT2D eigenvalue weighted by Crippen LogP contribution is -2.58. The predicted octanol–water partition coefficient (Wildman–Crippen LogP) is 0.893. The lowest BCUT2D eigenvalue weighted by molar-refractivity contribution is -0.384. The number of benzene rings is 1. The average molecular weight is 456 g/mol. The molecule has 3 unspecified atom stereocenters. The number of carbonyl (C=O) groups is 1. The van der Waals surface area contributed by atoms with E-state index >= 15 is 0 Å². The molecular weight excluding hydrogens is 426 g/mol. The van der Waals surface area contributed by atoms with Gasteiger partial charge >= 0.3 is 0 Å². The summed E-state index contributed by atoms with van der Waals surface area (Å²) in [7, 11) is -3.58. The first-order chi connectivity index (χ1) is 14.6. The Morgan fingerprint density at radius 3 is 2.16 bits per heavy atom. The number of nitrogens with one attached hydrogen (secondary N) is 1. The molecule has 1 aromatic rings. The molecule has 2 saturated heterocycles. The van der Waals surface area contributed by atoms with Gasteiger partial charge in [-0.1, -0.05) is 0 Å². The van der Waals surface area contributed by atoms with Crippen LogP contribution in [0, 0.1) is 10.1 Å². The van der Waals surface area contributed by atoms with Crippen molar-refractivity contribution in [1.29, 1.82) is 0 Å². The van der Waals surface area contributed by atoms with Gasteiger partial charge in [-0.15, -0.1) is 0 Å². The maximum absolute atomic E-state index is 13.0. The third-order valence-electron chi connectivity index (χ3n) is 5.58. The lowest BCUT2D eigenvalue weighted by Gasteiger charge is -2.41. The molecule has 2 heterocycles. The van der Waals surface area contributed by atoms with E-state index in [1.165, 1.54) is 32.9 Å². The van der Waals surface area contributed by atoms with E-state index in [4.69, 9.17) is 4.74 Å². The molecule has 2 aliphatic heterocycles. The number of nitro groups is 1. The maximum atomic E-state index is 13.0. The molecule has 1 aromatic carbocycles. The van der Waals surface area contributed by atoms with Crippen molar-refractivity contribution < 1.29 is 22.9 Å². The summed E-state index contributed by atoms with van der Waals surface area (Å²) in [6.07, 6.45) is -0.300. The van der Waals surface area contributed by atoms with E-state index in [-0.39, 0.29) is 23.8 Å². The minimum Gasteiger partial charge on any atom is -0.373 e. The lowest BCUT2D eigenvalue weighted by atomic mass is 10.2. The van der Waals surface area contributed by atoms with E-state index in [1.54, 1.807) is 6.92 Å². The number of carbonyl (C=O) groups excluding carboxylic acids is 1. The highest BCUT2D eigenvalue weighted by Gasteiger charge is 2.37. The highest BCUT2D eigenvalue weighted by molar-refractivity contribution is 7.86. The quantitative estimate of drug-likeness (QED) is 0.499. The smallest absolute Gasteiger partial charge is 0.282 e. The minimum atomic E-state index is -3.58. The third kappa shape index (κ3) is 5.57. The fraction of sp³-hybridized carbons (Fsp3) is 0.632. The minimum absolute atomic E-state index is 0.0487. The monoisotopic (exact) mass is 455 g/mol. The van der Waals surface area contributed by atoms with Gasteiger partial charge in [-0.3, -0.25) is 19.8 Å². The topological polar surface area (TPSA) is 125 Å². The molecule has 1 N–H and O–H groups in total. The Morgan fingerprint density at radius 1 is 1.10 bits per heavy atom. The number of rotatable bonds is 6. The fourth-order valence-electron chi connectivity index (χ4n) is 3.88. The van der Waals surface area contributed by atoms with E-state index in [0.29, 0.717) is 45.0 Å². The molecular formula is C19H29N5O6S. The Hall–Kier alpha value is -2.12. The van der Waals surface area contributed by atoms with Crippen LogP contribution in [0.15, 0.2) is 24.3 Å². The van der Waals surface area contributed by atoms with Crippen LogP contribution in [0.1, 0.15) is 20.8 Å². The summed E-state index contributed by atoms with van der Waals surface area (Å²) in [5.74, 6) is -0.249. The number of nitrogens with zero attached hydrogens (tertiary/aromatic N) is 4. The van der Waals surface area contributed by atoms with Gasteiger partial charge in [0.2, 0.25) is 5.91 Å². The number of nitro benzene ring substituents is 1. The average Bonchev–Trinajstić information content (AvgIpc) is 2.73. The SMILES string of the molecule is CC1CN(S(=O)(=O)N2CCN(C(C)C(=O)Nc3ccc([N+](=O)[O-])cc3)CC2)CC(C)O1. The summed E-state index contributed by atoms with van der Waals surface area (Å²) in [5, 5.41) is 13.5. The van der Waals surface area contributed by atoms with Gasteiger partial charge in [0.05, 0.1) is 23.2 Å². The van der Waals surface area contributed by atoms with Crippen molar-refractivity contribution in [2.45, 2.75) is 39.0 Å². The predicted molar refractivity (Wildman–Crippen MR) is 115 cm³/mol. The van der Waals surface area contributed by atoms with Crippen LogP contribution in [0.25, 0.3) is 0 Å². The van der Waals surface area contributed by atoms with Gasteiger partial charge in [-0.05, 0) is 32.9 Å². The molecule has 31 heavy (non-hydrogen) atoms. The van der Waals surface area contributed by atoms with Gasteiger partial charge in [0, 0.05) is 57.1 Å². The van der Waals surface area contributed by atoms with Gasteiger partial charge < -0.3 is 10.1 Å². The Bertz CT molecular complexity index is 891. The van der Waals surface area contributed by atoms with Crippen molar-refractivity contribution in [3.63, 3.8) is 0 Å². The molecule has 0 saturated carbocycles. The van der Waals surface area contributed by atoms with Crippen LogP contribution in [0.4, 0.5) is 11.4 Å². The molecule has 0 radical (unpaired) electrons. The number of piperazine rings is 1. The Morgan fingerprint density at radius 2 is 1.65 bits per heavy atom. The van der Waals surface area contributed by atoms with E-state index in [0.717, 1.165) is 0 Å². The van der Waals surface area contributed by atoms with Crippen LogP contribution in [0.5, 0.6) is 0 Å². The van der Waals surface area contributed by atoms with Crippen molar-refractivity contribution >= 4 is 27.5 Å². The van der Waals surface area contributed by atoms with Gasteiger partial charge in [-0.25, -0.2) is 0 Å². The largest absolute Gasteiger partial charge is 0.373 e. The molecule has 2 aliphatic rings. The first-order valence-corrected chi connectivity index (χ1v) is 11.7. The molecule has 0 bridgehead atoms. The Labute approximate surface area is 182 Å². The van der Waals surface area contributed by atoms with E-state index in [1.807, 2.05) is 18.7 Å². The molecule has 12 heteroatoms. The van der Waals surface area contributed by atoms with Crippen LogP contribution >= 0.6 is 0 Å². The van der Waals surface area contributed by atoms with Crippen LogP contribution in [-0.2, 0) is 19.7 Å². The third-order valence-corrected chi connectivity index (χ3v) is 7.55. The summed E-state index contributed by atoms with van der Waals surface area (Å²) >= 11 is 0. The molecule has 2 fully saturated rings. The first-order valence-electron chi connectivity index (χ1n) is 10.3. The van der Waals surface area contributed by atoms with Crippen molar-refractivity contribution in [3.8, 4) is 0 Å². The number of non-ortho nitro benzene ring substituents is 1. The number of morpholine rings is 1. The molecule has 0 aromatic heterocycles. The van der Waals surface area contributed by atoms with Crippen molar-refractivity contribution in [1.82, 2.24) is 13.5 Å². The highest BCUT2D eigenvalue weighted by atomic mass is 32.2. The molecule has 172 valence electrons. The number of hydrogen-bond donors (Lipinski definition) is 1. The second kappa shape index (κ2) is 9.57. The number of anilines is 1.